The molecule has 0 atom stereocenters. The molecule has 0 aromatic heterocycles. The number of thioether (sulfide) groups is 1. The van der Waals surface area contributed by atoms with Crippen molar-refractivity contribution < 1.29 is 13.2 Å². The summed E-state index contributed by atoms with van der Waals surface area (Å²) in [5, 5.41) is 2.86. The number of rotatable bonds is 7. The number of hydrogen-bond acceptors (Lipinski definition) is 4. The van der Waals surface area contributed by atoms with Crippen LogP contribution in [0, 0.1) is 6.92 Å². The van der Waals surface area contributed by atoms with E-state index >= 15 is 0 Å². The molecule has 0 heterocycles. The molecule has 1 aliphatic rings. The normalized spacial score (nSPS) is 14.1. The van der Waals surface area contributed by atoms with E-state index in [2.05, 4.69) is 5.32 Å². The van der Waals surface area contributed by atoms with E-state index in [1.54, 1.807) is 48.2 Å². The van der Waals surface area contributed by atoms with Crippen molar-refractivity contribution in [1.82, 2.24) is 5.32 Å². The molecule has 1 amide bonds. The molecule has 0 bridgehead atoms. The molecule has 0 spiro atoms. The number of anilines is 1. The number of carbonyl (C=O) groups excluding carboxylic acids is 1. The largest absolute Gasteiger partial charge is 0.352 e. The Balaban J connectivity index is 1.93. The lowest BCUT2D eigenvalue weighted by Crippen LogP contribution is -2.41. The summed E-state index contributed by atoms with van der Waals surface area (Å²) < 4.78 is 27.6. The third-order valence-electron chi connectivity index (χ3n) is 4.20. The van der Waals surface area contributed by atoms with Gasteiger partial charge in [-0.05, 0) is 62.4 Å². The van der Waals surface area contributed by atoms with E-state index in [-0.39, 0.29) is 23.4 Å². The second kappa shape index (κ2) is 7.72. The first-order valence-electron chi connectivity index (χ1n) is 8.43. The fraction of sp³-hybridized carbons (Fsp3) is 0.316. The lowest BCUT2D eigenvalue weighted by Gasteiger charge is -2.24. The van der Waals surface area contributed by atoms with Crippen molar-refractivity contribution in [1.29, 1.82) is 0 Å². The summed E-state index contributed by atoms with van der Waals surface area (Å²) in [5.74, 6) is -0.280. The zero-order valence-electron chi connectivity index (χ0n) is 14.8. The van der Waals surface area contributed by atoms with Gasteiger partial charge < -0.3 is 5.32 Å². The van der Waals surface area contributed by atoms with Crippen LogP contribution < -0.4 is 9.62 Å². The third kappa shape index (κ3) is 4.40. The first-order valence-corrected chi connectivity index (χ1v) is 11.1. The molecule has 0 unspecified atom stereocenters. The van der Waals surface area contributed by atoms with Crippen LogP contribution in [0.15, 0.2) is 58.3 Å². The smallest absolute Gasteiger partial charge is 0.264 e. The van der Waals surface area contributed by atoms with Gasteiger partial charge in [0.2, 0.25) is 5.91 Å². The van der Waals surface area contributed by atoms with Gasteiger partial charge in [0.15, 0.2) is 0 Å². The van der Waals surface area contributed by atoms with E-state index < -0.39 is 10.0 Å². The second-order valence-electron chi connectivity index (χ2n) is 6.36. The Morgan fingerprint density at radius 1 is 1.12 bits per heavy atom. The zero-order chi connectivity index (χ0) is 18.7. The number of aryl methyl sites for hydroxylation is 1. The lowest BCUT2D eigenvalue weighted by molar-refractivity contribution is -0.119. The molecule has 2 aromatic rings. The van der Waals surface area contributed by atoms with Gasteiger partial charge in [-0.1, -0.05) is 17.7 Å². The van der Waals surface area contributed by atoms with Crippen molar-refractivity contribution in [2.24, 2.45) is 0 Å². The molecular formula is C19H22N2O3S2. The highest BCUT2D eigenvalue weighted by Crippen LogP contribution is 2.26. The Morgan fingerprint density at radius 3 is 2.27 bits per heavy atom. The van der Waals surface area contributed by atoms with Crippen LogP contribution in [0.5, 0.6) is 0 Å². The molecule has 26 heavy (non-hydrogen) atoms. The Kier molecular flexibility index (Phi) is 5.58. The maximum atomic E-state index is 13.2. The fourth-order valence-corrected chi connectivity index (χ4v) is 4.36. The number of nitrogens with one attached hydrogen (secondary N) is 1. The van der Waals surface area contributed by atoms with Crippen molar-refractivity contribution in [2.75, 3.05) is 17.1 Å². The van der Waals surface area contributed by atoms with E-state index in [4.69, 9.17) is 0 Å². The molecule has 1 aliphatic carbocycles. The molecule has 1 fully saturated rings. The van der Waals surface area contributed by atoms with Gasteiger partial charge in [0.1, 0.15) is 6.54 Å². The molecule has 0 aliphatic heterocycles. The Morgan fingerprint density at radius 2 is 1.73 bits per heavy atom. The number of hydrogen-bond donors (Lipinski definition) is 1. The molecule has 7 heteroatoms. The quantitative estimate of drug-likeness (QED) is 0.738. The monoisotopic (exact) mass is 390 g/mol. The summed E-state index contributed by atoms with van der Waals surface area (Å²) in [7, 11) is -3.84. The highest BCUT2D eigenvalue weighted by molar-refractivity contribution is 7.98. The first kappa shape index (κ1) is 18.8. The minimum Gasteiger partial charge on any atom is -0.352 e. The molecule has 2 aromatic carbocycles. The van der Waals surface area contributed by atoms with Crippen LogP contribution in [0.25, 0.3) is 0 Å². The summed E-state index contributed by atoms with van der Waals surface area (Å²) >= 11 is 1.55. The van der Waals surface area contributed by atoms with E-state index in [1.165, 1.54) is 4.31 Å². The molecule has 1 N–H and O–H groups in total. The predicted octanol–water partition coefficient (Wildman–Crippen LogP) is 3.19. The summed E-state index contributed by atoms with van der Waals surface area (Å²) in [6.07, 6.45) is 3.85. The Bertz CT molecular complexity index is 874. The first-order chi connectivity index (χ1) is 12.4. The second-order valence-corrected chi connectivity index (χ2v) is 9.11. The minimum atomic E-state index is -3.84. The highest BCUT2D eigenvalue weighted by atomic mass is 32.2. The summed E-state index contributed by atoms with van der Waals surface area (Å²) in [4.78, 5) is 13.5. The molecule has 3 rings (SSSR count). The minimum absolute atomic E-state index is 0.176. The van der Waals surface area contributed by atoms with Crippen LogP contribution >= 0.6 is 11.8 Å². The van der Waals surface area contributed by atoms with Gasteiger partial charge in [0.25, 0.3) is 10.0 Å². The van der Waals surface area contributed by atoms with Crippen molar-refractivity contribution >= 4 is 33.4 Å². The standard InChI is InChI=1S/C19H22N2O3S2/c1-14-3-7-16(8-4-14)21(13-19(22)20-15-5-6-15)26(23,24)18-11-9-17(25-2)10-12-18/h3-4,7-12,15H,5-6,13H2,1-2H3,(H,20,22). The van der Waals surface area contributed by atoms with E-state index in [1.807, 2.05) is 25.3 Å². The van der Waals surface area contributed by atoms with Gasteiger partial charge in [0.05, 0.1) is 10.6 Å². The average Bonchev–Trinajstić information content (AvgIpc) is 3.44. The van der Waals surface area contributed by atoms with Gasteiger partial charge in [0, 0.05) is 10.9 Å². The summed E-state index contributed by atoms with van der Waals surface area (Å²) in [6.45, 7) is 1.70. The van der Waals surface area contributed by atoms with Crippen LogP contribution in [0.3, 0.4) is 0 Å². The molecule has 138 valence electrons. The summed E-state index contributed by atoms with van der Waals surface area (Å²) in [6, 6.07) is 14.0. The molecular weight excluding hydrogens is 368 g/mol. The van der Waals surface area contributed by atoms with Gasteiger partial charge in [-0.3, -0.25) is 9.10 Å². The van der Waals surface area contributed by atoms with Gasteiger partial charge in [-0.2, -0.15) is 0 Å². The Hall–Kier alpha value is -1.99. The lowest BCUT2D eigenvalue weighted by atomic mass is 10.2. The van der Waals surface area contributed by atoms with Crippen molar-refractivity contribution in [3.05, 3.63) is 54.1 Å². The third-order valence-corrected chi connectivity index (χ3v) is 6.73. The number of amides is 1. The van der Waals surface area contributed by atoms with Gasteiger partial charge >= 0.3 is 0 Å². The Labute approximate surface area is 158 Å². The maximum Gasteiger partial charge on any atom is 0.264 e. The molecule has 0 radical (unpaired) electrons. The van der Waals surface area contributed by atoms with E-state index in [9.17, 15) is 13.2 Å². The molecule has 1 saturated carbocycles. The van der Waals surface area contributed by atoms with E-state index in [0.717, 1.165) is 23.3 Å². The zero-order valence-corrected chi connectivity index (χ0v) is 16.4. The topological polar surface area (TPSA) is 66.5 Å². The SMILES string of the molecule is CSc1ccc(S(=O)(=O)N(CC(=O)NC2CC2)c2ccc(C)cc2)cc1. The number of sulfonamides is 1. The maximum absolute atomic E-state index is 13.2. The van der Waals surface area contributed by atoms with Crippen molar-refractivity contribution in [2.45, 2.75) is 35.6 Å². The van der Waals surface area contributed by atoms with Crippen molar-refractivity contribution in [3.8, 4) is 0 Å². The highest BCUT2D eigenvalue weighted by Gasteiger charge is 2.29. The number of carbonyl (C=O) groups is 1. The summed E-state index contributed by atoms with van der Waals surface area (Å²) in [5.41, 5.74) is 1.51. The predicted molar refractivity (Wildman–Crippen MR) is 105 cm³/mol. The van der Waals surface area contributed by atoms with Crippen LogP contribution in [0.1, 0.15) is 18.4 Å². The molecule has 0 saturated heterocycles. The number of benzene rings is 2. The van der Waals surface area contributed by atoms with Gasteiger partial charge in [-0.25, -0.2) is 8.42 Å². The van der Waals surface area contributed by atoms with E-state index in [0.29, 0.717) is 5.69 Å². The molecule has 5 nitrogen and oxygen atoms in total. The fourth-order valence-electron chi connectivity index (χ4n) is 2.53. The average molecular weight is 391 g/mol. The van der Waals surface area contributed by atoms with Crippen LogP contribution in [0.4, 0.5) is 5.69 Å². The van der Waals surface area contributed by atoms with Crippen LogP contribution in [-0.2, 0) is 14.8 Å². The van der Waals surface area contributed by atoms with Crippen molar-refractivity contribution in [3.63, 3.8) is 0 Å². The van der Waals surface area contributed by atoms with Crippen LogP contribution in [0.2, 0.25) is 0 Å². The van der Waals surface area contributed by atoms with Crippen LogP contribution in [-0.4, -0.2) is 33.2 Å². The number of nitrogens with zero attached hydrogens (tertiary/aromatic N) is 1. The van der Waals surface area contributed by atoms with Gasteiger partial charge in [-0.15, -0.1) is 11.8 Å².